The molecule has 0 aliphatic carbocycles. The van der Waals surface area contributed by atoms with Gasteiger partial charge in [-0.05, 0) is 54.1 Å². The van der Waals surface area contributed by atoms with Crippen LogP contribution in [0.4, 0.5) is 11.4 Å². The Balaban J connectivity index is 1.19. The van der Waals surface area contributed by atoms with Gasteiger partial charge in [0.2, 0.25) is 0 Å². The van der Waals surface area contributed by atoms with Gasteiger partial charge in [0.15, 0.2) is 0 Å². The van der Waals surface area contributed by atoms with Gasteiger partial charge in [0.05, 0.1) is 17.9 Å². The fraction of sp³-hybridized carbons (Fsp3) is 0.143. The fourth-order valence-corrected chi connectivity index (χ4v) is 4.90. The molecule has 5 rings (SSSR count). The molecule has 1 atom stereocenters. The van der Waals surface area contributed by atoms with Crippen molar-refractivity contribution in [1.29, 1.82) is 0 Å². The van der Waals surface area contributed by atoms with Crippen LogP contribution in [-0.4, -0.2) is 24.4 Å². The largest absolute Gasteiger partial charge is 0.491 e. The van der Waals surface area contributed by atoms with Crippen molar-refractivity contribution in [3.8, 4) is 11.5 Å². The van der Waals surface area contributed by atoms with Gasteiger partial charge in [0.1, 0.15) is 30.8 Å². The van der Waals surface area contributed by atoms with Crippen LogP contribution in [0.25, 0.3) is 0 Å². The molecule has 1 aliphatic heterocycles. The predicted molar refractivity (Wildman–Crippen MR) is 133 cm³/mol. The van der Waals surface area contributed by atoms with Gasteiger partial charge in [-0.25, -0.2) is 0 Å². The van der Waals surface area contributed by atoms with Crippen LogP contribution in [0.5, 0.6) is 11.5 Å². The summed E-state index contributed by atoms with van der Waals surface area (Å²) in [7, 11) is 0. The third-order valence-electron chi connectivity index (χ3n) is 5.44. The Labute approximate surface area is 198 Å². The van der Waals surface area contributed by atoms with E-state index in [2.05, 4.69) is 29.2 Å². The number of nitrogens with zero attached hydrogens (tertiary/aromatic N) is 1. The van der Waals surface area contributed by atoms with Gasteiger partial charge >= 0.3 is 0 Å². The Morgan fingerprint density at radius 3 is 1.85 bits per heavy atom. The standard InChI is InChI=1S/C28H25NO3S/c30-22(18-29-25-10-4-6-12-27(25)33-28-13-7-5-11-26(28)29)20-32-24-16-14-23(15-17-24)31-19-21-8-2-1-3-9-21/h1-17,22,30H,18-20H2. The van der Waals surface area contributed by atoms with Crippen LogP contribution in [0, 0.1) is 0 Å². The first-order chi connectivity index (χ1) is 16.3. The van der Waals surface area contributed by atoms with Gasteiger partial charge in [-0.3, -0.25) is 0 Å². The van der Waals surface area contributed by atoms with Gasteiger partial charge in [-0.2, -0.15) is 0 Å². The van der Waals surface area contributed by atoms with Gasteiger partial charge in [0, 0.05) is 9.79 Å². The molecule has 1 heterocycles. The number of β-amino-alcohol motifs (C(OH)–C–C–N with tert-alkyl or cyclic N) is 1. The van der Waals surface area contributed by atoms with Gasteiger partial charge in [-0.15, -0.1) is 0 Å². The molecule has 1 unspecified atom stereocenters. The van der Waals surface area contributed by atoms with Gasteiger partial charge in [-0.1, -0.05) is 66.4 Å². The predicted octanol–water partition coefficient (Wildman–Crippen LogP) is 6.31. The molecule has 0 aromatic heterocycles. The zero-order chi connectivity index (χ0) is 22.5. The quantitative estimate of drug-likeness (QED) is 0.337. The number of aliphatic hydroxyl groups is 1. The number of ether oxygens (including phenoxy) is 2. The number of anilines is 2. The van der Waals surface area contributed by atoms with Crippen molar-refractivity contribution >= 4 is 23.1 Å². The van der Waals surface area contributed by atoms with Crippen molar-refractivity contribution in [3.63, 3.8) is 0 Å². The summed E-state index contributed by atoms with van der Waals surface area (Å²) in [5, 5.41) is 10.8. The van der Waals surface area contributed by atoms with Crippen LogP contribution in [0.1, 0.15) is 5.56 Å². The van der Waals surface area contributed by atoms with E-state index in [1.54, 1.807) is 11.8 Å². The molecule has 1 N–H and O–H groups in total. The van der Waals surface area contributed by atoms with E-state index in [9.17, 15) is 5.11 Å². The molecule has 0 radical (unpaired) electrons. The lowest BCUT2D eigenvalue weighted by atomic mass is 10.2. The summed E-state index contributed by atoms with van der Waals surface area (Å²) in [6.07, 6.45) is -0.650. The van der Waals surface area contributed by atoms with E-state index in [-0.39, 0.29) is 6.61 Å². The van der Waals surface area contributed by atoms with Crippen LogP contribution < -0.4 is 14.4 Å². The number of hydrogen-bond donors (Lipinski definition) is 1. The van der Waals surface area contributed by atoms with E-state index in [4.69, 9.17) is 9.47 Å². The second kappa shape index (κ2) is 10.0. The number of hydrogen-bond acceptors (Lipinski definition) is 5. The van der Waals surface area contributed by atoms with E-state index in [0.717, 1.165) is 22.7 Å². The van der Waals surface area contributed by atoms with E-state index >= 15 is 0 Å². The Bertz CT molecular complexity index is 1150. The lowest BCUT2D eigenvalue weighted by Crippen LogP contribution is -2.34. The topological polar surface area (TPSA) is 41.9 Å². The molecule has 33 heavy (non-hydrogen) atoms. The third-order valence-corrected chi connectivity index (χ3v) is 6.57. The first kappa shape index (κ1) is 21.4. The van der Waals surface area contributed by atoms with E-state index in [1.165, 1.54) is 9.79 Å². The maximum atomic E-state index is 10.8. The molecule has 0 saturated heterocycles. The SMILES string of the molecule is OC(COc1ccc(OCc2ccccc2)cc1)CN1c2ccccc2Sc2ccccc21. The lowest BCUT2D eigenvalue weighted by molar-refractivity contribution is 0.114. The van der Waals surface area contributed by atoms with E-state index < -0.39 is 6.10 Å². The third kappa shape index (κ3) is 5.16. The van der Waals surface area contributed by atoms with E-state index in [1.807, 2.05) is 78.9 Å². The highest BCUT2D eigenvalue weighted by atomic mass is 32.2. The molecule has 0 saturated carbocycles. The molecule has 0 fully saturated rings. The monoisotopic (exact) mass is 455 g/mol. The summed E-state index contributed by atoms with van der Waals surface area (Å²) in [6, 6.07) is 34.2. The molecule has 4 aromatic rings. The van der Waals surface area contributed by atoms with Gasteiger partial charge in [0.25, 0.3) is 0 Å². The maximum absolute atomic E-state index is 10.8. The summed E-state index contributed by atoms with van der Waals surface area (Å²) in [5.41, 5.74) is 3.35. The number of aliphatic hydroxyl groups excluding tert-OH is 1. The highest BCUT2D eigenvalue weighted by Crippen LogP contribution is 2.47. The van der Waals surface area contributed by atoms with E-state index in [0.29, 0.717) is 18.9 Å². The Hall–Kier alpha value is -3.41. The van der Waals surface area contributed by atoms with Crippen molar-refractivity contribution in [2.75, 3.05) is 18.1 Å². The minimum atomic E-state index is -0.650. The molecule has 4 nitrogen and oxygen atoms in total. The van der Waals surface area contributed by atoms with Crippen LogP contribution in [0.3, 0.4) is 0 Å². The lowest BCUT2D eigenvalue weighted by Gasteiger charge is -2.34. The second-order valence-electron chi connectivity index (χ2n) is 7.86. The number of fused-ring (bicyclic) bond motifs is 2. The zero-order valence-electron chi connectivity index (χ0n) is 18.1. The van der Waals surface area contributed by atoms with Crippen molar-refractivity contribution in [3.05, 3.63) is 109 Å². The van der Waals surface area contributed by atoms with Crippen LogP contribution in [-0.2, 0) is 6.61 Å². The minimum Gasteiger partial charge on any atom is -0.491 e. The minimum absolute atomic E-state index is 0.207. The highest BCUT2D eigenvalue weighted by molar-refractivity contribution is 7.99. The Kier molecular flexibility index (Phi) is 6.51. The fourth-order valence-electron chi connectivity index (χ4n) is 3.81. The van der Waals surface area contributed by atoms with Crippen molar-refractivity contribution in [2.45, 2.75) is 22.5 Å². The molecular formula is C28H25NO3S. The molecule has 4 aromatic carbocycles. The zero-order valence-corrected chi connectivity index (χ0v) is 18.9. The van der Waals surface area contributed by atoms with Crippen LogP contribution in [0.15, 0.2) is 113 Å². The summed E-state index contributed by atoms with van der Waals surface area (Å²) in [4.78, 5) is 4.56. The maximum Gasteiger partial charge on any atom is 0.120 e. The van der Waals surface area contributed by atoms with Crippen molar-refractivity contribution in [2.24, 2.45) is 0 Å². The average Bonchev–Trinajstić information content (AvgIpc) is 2.87. The van der Waals surface area contributed by atoms with Gasteiger partial charge < -0.3 is 19.5 Å². The molecule has 1 aliphatic rings. The van der Waals surface area contributed by atoms with Crippen molar-refractivity contribution in [1.82, 2.24) is 0 Å². The van der Waals surface area contributed by atoms with Crippen LogP contribution in [0.2, 0.25) is 0 Å². The van der Waals surface area contributed by atoms with Crippen LogP contribution >= 0.6 is 11.8 Å². The number of rotatable bonds is 8. The smallest absolute Gasteiger partial charge is 0.120 e. The molecule has 0 bridgehead atoms. The summed E-state index contributed by atoms with van der Waals surface area (Å²) < 4.78 is 11.7. The summed E-state index contributed by atoms with van der Waals surface area (Å²) >= 11 is 1.76. The molecule has 166 valence electrons. The van der Waals surface area contributed by atoms with Crippen molar-refractivity contribution < 1.29 is 14.6 Å². The Morgan fingerprint density at radius 2 is 1.21 bits per heavy atom. The normalized spacial score (nSPS) is 13.1. The average molecular weight is 456 g/mol. The number of para-hydroxylation sites is 2. The first-order valence-corrected chi connectivity index (χ1v) is 11.8. The summed E-state index contributed by atoms with van der Waals surface area (Å²) in [6.45, 7) is 1.18. The molecular weight excluding hydrogens is 430 g/mol. The molecule has 0 amide bonds. The first-order valence-electron chi connectivity index (χ1n) is 11.0. The second-order valence-corrected chi connectivity index (χ2v) is 8.94. The highest BCUT2D eigenvalue weighted by Gasteiger charge is 2.24. The number of benzene rings is 4. The Morgan fingerprint density at radius 1 is 0.667 bits per heavy atom. The molecule has 5 heteroatoms. The molecule has 0 spiro atoms. The summed E-state index contributed by atoms with van der Waals surface area (Å²) in [5.74, 6) is 1.49.